The van der Waals surface area contributed by atoms with Crippen molar-refractivity contribution in [2.75, 3.05) is 19.1 Å². The first kappa shape index (κ1) is 18.9. The number of methoxy groups -OCH3 is 2. The Morgan fingerprint density at radius 1 is 1.19 bits per heavy atom. The number of carbonyl (C=O) groups excluding carboxylic acids is 1. The zero-order valence-corrected chi connectivity index (χ0v) is 16.0. The molecule has 7 nitrogen and oxygen atoms in total. The Hall–Kier alpha value is -2.91. The minimum absolute atomic E-state index is 0.148. The third kappa shape index (κ3) is 3.64. The van der Waals surface area contributed by atoms with E-state index in [9.17, 15) is 14.9 Å². The molecular formula is C18H14N2O5S2. The number of nitro benzene ring substituents is 1. The van der Waals surface area contributed by atoms with Crippen LogP contribution in [0.2, 0.25) is 0 Å². The fourth-order valence-corrected chi connectivity index (χ4v) is 3.84. The largest absolute Gasteiger partial charge is 0.497 e. The van der Waals surface area contributed by atoms with Crippen LogP contribution in [0.3, 0.4) is 0 Å². The second-order valence-electron chi connectivity index (χ2n) is 5.37. The number of anilines is 1. The van der Waals surface area contributed by atoms with E-state index in [0.29, 0.717) is 22.0 Å². The summed E-state index contributed by atoms with van der Waals surface area (Å²) in [5.41, 5.74) is 0.633. The van der Waals surface area contributed by atoms with Gasteiger partial charge in [-0.25, -0.2) is 0 Å². The molecule has 0 unspecified atom stereocenters. The van der Waals surface area contributed by atoms with Gasteiger partial charge in [-0.05, 0) is 24.3 Å². The number of thioether (sulfide) groups is 1. The lowest BCUT2D eigenvalue weighted by Crippen LogP contribution is -2.28. The predicted octanol–water partition coefficient (Wildman–Crippen LogP) is 4.02. The van der Waals surface area contributed by atoms with Crippen molar-refractivity contribution in [1.82, 2.24) is 0 Å². The third-order valence-electron chi connectivity index (χ3n) is 3.84. The van der Waals surface area contributed by atoms with E-state index in [2.05, 4.69) is 0 Å². The lowest BCUT2D eigenvalue weighted by molar-refractivity contribution is -0.384. The van der Waals surface area contributed by atoms with Crippen LogP contribution in [0.25, 0.3) is 6.08 Å². The Kier molecular flexibility index (Phi) is 5.43. The number of nitro groups is 1. The van der Waals surface area contributed by atoms with E-state index >= 15 is 0 Å². The number of hydrogen-bond acceptors (Lipinski definition) is 7. The van der Waals surface area contributed by atoms with Gasteiger partial charge in [0, 0.05) is 17.7 Å². The number of benzene rings is 2. The van der Waals surface area contributed by atoms with Crippen LogP contribution in [0.5, 0.6) is 11.5 Å². The zero-order chi connectivity index (χ0) is 19.6. The molecule has 1 aliphatic rings. The van der Waals surface area contributed by atoms with E-state index in [1.807, 2.05) is 0 Å². The topological polar surface area (TPSA) is 81.9 Å². The first-order chi connectivity index (χ1) is 13.0. The fraction of sp³-hybridized carbons (Fsp3) is 0.111. The third-order valence-corrected chi connectivity index (χ3v) is 5.14. The summed E-state index contributed by atoms with van der Waals surface area (Å²) in [6, 6.07) is 11.2. The highest BCUT2D eigenvalue weighted by molar-refractivity contribution is 8.27. The summed E-state index contributed by atoms with van der Waals surface area (Å²) < 4.78 is 10.7. The molecule has 0 radical (unpaired) electrons. The van der Waals surface area contributed by atoms with Crippen molar-refractivity contribution in [1.29, 1.82) is 0 Å². The highest BCUT2D eigenvalue weighted by Crippen LogP contribution is 2.40. The molecule has 0 atom stereocenters. The second kappa shape index (κ2) is 7.77. The van der Waals surface area contributed by atoms with Gasteiger partial charge in [0.2, 0.25) is 0 Å². The highest BCUT2D eigenvalue weighted by Gasteiger charge is 2.36. The SMILES string of the molecule is COc1ccc(/C=C2\SC(=S)N(c3ccccc3[N+](=O)[O-])C2=O)c(OC)c1. The number of carbonyl (C=O) groups is 1. The summed E-state index contributed by atoms with van der Waals surface area (Å²) in [6.07, 6.45) is 1.65. The van der Waals surface area contributed by atoms with Gasteiger partial charge in [-0.1, -0.05) is 36.1 Å². The molecule has 0 bridgehead atoms. The maximum absolute atomic E-state index is 12.9. The van der Waals surface area contributed by atoms with Crippen molar-refractivity contribution >= 4 is 51.7 Å². The summed E-state index contributed by atoms with van der Waals surface area (Å²) in [7, 11) is 3.07. The standard InChI is InChI=1S/C18H14N2O5S2/c1-24-12-8-7-11(15(10-12)25-2)9-16-17(21)19(18(26)27-16)13-5-3-4-6-14(13)20(22)23/h3-10H,1-2H3/b16-9-. The van der Waals surface area contributed by atoms with Gasteiger partial charge < -0.3 is 9.47 Å². The maximum atomic E-state index is 12.9. The van der Waals surface area contributed by atoms with Gasteiger partial charge in [-0.3, -0.25) is 19.8 Å². The van der Waals surface area contributed by atoms with Crippen LogP contribution in [-0.2, 0) is 4.79 Å². The first-order valence-electron chi connectivity index (χ1n) is 7.69. The number of hydrogen-bond donors (Lipinski definition) is 0. The molecule has 0 spiro atoms. The van der Waals surface area contributed by atoms with Crippen molar-refractivity contribution < 1.29 is 19.2 Å². The number of nitrogens with zero attached hydrogens (tertiary/aromatic N) is 2. The monoisotopic (exact) mass is 402 g/mol. The van der Waals surface area contributed by atoms with Gasteiger partial charge in [-0.2, -0.15) is 0 Å². The van der Waals surface area contributed by atoms with Crippen LogP contribution >= 0.6 is 24.0 Å². The Morgan fingerprint density at radius 2 is 1.93 bits per heavy atom. The molecule has 3 rings (SSSR count). The molecule has 2 aromatic carbocycles. The summed E-state index contributed by atoms with van der Waals surface area (Å²) in [6.45, 7) is 0. The average molecular weight is 402 g/mol. The smallest absolute Gasteiger partial charge is 0.293 e. The van der Waals surface area contributed by atoms with Gasteiger partial charge in [0.1, 0.15) is 17.2 Å². The quantitative estimate of drug-likeness (QED) is 0.323. The number of para-hydroxylation sites is 2. The molecule has 2 aromatic rings. The van der Waals surface area contributed by atoms with Crippen LogP contribution in [-0.4, -0.2) is 29.4 Å². The molecule has 1 aliphatic heterocycles. The molecule has 0 aliphatic carbocycles. The molecule has 1 fully saturated rings. The predicted molar refractivity (Wildman–Crippen MR) is 108 cm³/mol. The first-order valence-corrected chi connectivity index (χ1v) is 8.92. The van der Waals surface area contributed by atoms with Crippen molar-refractivity contribution in [3.05, 3.63) is 63.0 Å². The highest BCUT2D eigenvalue weighted by atomic mass is 32.2. The number of rotatable bonds is 5. The second-order valence-corrected chi connectivity index (χ2v) is 7.05. The molecule has 0 saturated carbocycles. The summed E-state index contributed by atoms with van der Waals surface area (Å²) in [4.78, 5) is 25.2. The van der Waals surface area contributed by atoms with Crippen LogP contribution in [0, 0.1) is 10.1 Å². The van der Waals surface area contributed by atoms with E-state index in [4.69, 9.17) is 21.7 Å². The summed E-state index contributed by atoms with van der Waals surface area (Å²) in [5, 5.41) is 11.3. The van der Waals surface area contributed by atoms with Crippen molar-refractivity contribution in [3.8, 4) is 11.5 Å². The molecule has 27 heavy (non-hydrogen) atoms. The van der Waals surface area contributed by atoms with Crippen LogP contribution < -0.4 is 14.4 Å². The Morgan fingerprint density at radius 3 is 2.59 bits per heavy atom. The number of amides is 1. The Labute approximate surface area is 164 Å². The minimum Gasteiger partial charge on any atom is -0.497 e. The van der Waals surface area contributed by atoms with Gasteiger partial charge in [0.15, 0.2) is 4.32 Å². The number of ether oxygens (including phenoxy) is 2. The van der Waals surface area contributed by atoms with E-state index < -0.39 is 10.8 Å². The molecule has 1 amide bonds. The molecule has 1 saturated heterocycles. The van der Waals surface area contributed by atoms with Crippen molar-refractivity contribution in [2.24, 2.45) is 0 Å². The normalized spacial score (nSPS) is 15.3. The van der Waals surface area contributed by atoms with Gasteiger partial charge in [0.25, 0.3) is 11.6 Å². The Bertz CT molecular complexity index is 974. The van der Waals surface area contributed by atoms with E-state index in [0.717, 1.165) is 11.8 Å². The number of thiocarbonyl (C=S) groups is 1. The van der Waals surface area contributed by atoms with Crippen molar-refractivity contribution in [3.63, 3.8) is 0 Å². The van der Waals surface area contributed by atoms with Crippen LogP contribution in [0.4, 0.5) is 11.4 Å². The van der Waals surface area contributed by atoms with E-state index in [1.54, 1.807) is 37.5 Å². The molecule has 0 N–H and O–H groups in total. The van der Waals surface area contributed by atoms with Crippen LogP contribution in [0.1, 0.15) is 5.56 Å². The summed E-state index contributed by atoms with van der Waals surface area (Å²) in [5.74, 6) is 0.735. The van der Waals surface area contributed by atoms with E-state index in [-0.39, 0.29) is 15.7 Å². The average Bonchev–Trinajstić information content (AvgIpc) is 2.95. The van der Waals surface area contributed by atoms with Gasteiger partial charge >= 0.3 is 0 Å². The molecule has 138 valence electrons. The molecular weight excluding hydrogens is 388 g/mol. The summed E-state index contributed by atoms with van der Waals surface area (Å²) >= 11 is 6.37. The molecule has 1 heterocycles. The maximum Gasteiger partial charge on any atom is 0.293 e. The lowest BCUT2D eigenvalue weighted by Gasteiger charge is -2.14. The van der Waals surface area contributed by atoms with Crippen molar-refractivity contribution in [2.45, 2.75) is 0 Å². The molecule has 9 heteroatoms. The minimum atomic E-state index is -0.538. The fourth-order valence-electron chi connectivity index (χ4n) is 2.56. The zero-order valence-electron chi connectivity index (χ0n) is 14.4. The van der Waals surface area contributed by atoms with E-state index in [1.165, 1.54) is 30.2 Å². The van der Waals surface area contributed by atoms with Gasteiger partial charge in [-0.15, -0.1) is 0 Å². The Balaban J connectivity index is 2.00. The lowest BCUT2D eigenvalue weighted by atomic mass is 10.1. The van der Waals surface area contributed by atoms with Crippen LogP contribution in [0.15, 0.2) is 47.4 Å². The van der Waals surface area contributed by atoms with Gasteiger partial charge in [0.05, 0.1) is 24.0 Å². The molecule has 0 aromatic heterocycles.